The first-order chi connectivity index (χ1) is 13.0. The fraction of sp³-hybridized carbons (Fsp3) is 0.158. The largest absolute Gasteiger partial charge is 0.266 e. The van der Waals surface area contributed by atoms with E-state index in [1.165, 1.54) is 11.1 Å². The maximum atomic E-state index is 4.72. The molecule has 4 rings (SSSR count). The summed E-state index contributed by atoms with van der Waals surface area (Å²) < 4.78 is 2.88. The normalized spacial score (nSPS) is 13.6. The lowest BCUT2D eigenvalue weighted by atomic mass is 10.1. The fourth-order valence-corrected chi connectivity index (χ4v) is 3.48. The van der Waals surface area contributed by atoms with Crippen molar-refractivity contribution in [3.8, 4) is 5.69 Å². The molecule has 1 aromatic heterocycles. The quantitative estimate of drug-likeness (QED) is 0.538. The summed E-state index contributed by atoms with van der Waals surface area (Å²) in [4.78, 5) is 0. The molecule has 0 amide bonds. The first-order valence-corrected chi connectivity index (χ1v) is 9.72. The van der Waals surface area contributed by atoms with Crippen molar-refractivity contribution in [2.45, 2.75) is 25.4 Å². The zero-order valence-corrected chi connectivity index (χ0v) is 17.4. The summed E-state index contributed by atoms with van der Waals surface area (Å²) in [5.74, 6) is 0.748. The Bertz CT molecular complexity index is 1010. The van der Waals surface area contributed by atoms with Gasteiger partial charge in [0.25, 0.3) is 0 Å². The summed E-state index contributed by atoms with van der Waals surface area (Å²) >= 11 is 8.18. The molecule has 3 aromatic rings. The fourth-order valence-electron chi connectivity index (χ4n) is 2.89. The van der Waals surface area contributed by atoms with Gasteiger partial charge in [-0.25, -0.2) is 10.2 Å². The van der Waals surface area contributed by atoms with Crippen molar-refractivity contribution in [2.24, 2.45) is 5.10 Å². The van der Waals surface area contributed by atoms with Crippen LogP contribution in [-0.2, 0) is 6.54 Å². The van der Waals surface area contributed by atoms with Crippen LogP contribution in [0, 0.1) is 13.8 Å². The molecule has 0 atom stereocenters. The van der Waals surface area contributed by atoms with Crippen molar-refractivity contribution >= 4 is 34.4 Å². The Morgan fingerprint density at radius 3 is 2.59 bits per heavy atom. The smallest absolute Gasteiger partial charge is 0.177 e. The van der Waals surface area contributed by atoms with E-state index in [0.29, 0.717) is 6.54 Å². The minimum atomic E-state index is 0.654. The third-order valence-corrected chi connectivity index (χ3v) is 5.54. The van der Waals surface area contributed by atoms with E-state index in [-0.39, 0.29) is 0 Å². The molecular weight excluding hydrogens is 424 g/mol. The number of hydrogen-bond acceptors (Lipinski definition) is 6. The van der Waals surface area contributed by atoms with Crippen LogP contribution in [0.2, 0.25) is 0 Å². The van der Waals surface area contributed by atoms with E-state index in [9.17, 15) is 0 Å². The predicted octanol–water partition coefficient (Wildman–Crippen LogP) is 3.73. The summed E-state index contributed by atoms with van der Waals surface area (Å²) in [5, 5.41) is 11.6. The van der Waals surface area contributed by atoms with Gasteiger partial charge in [0.1, 0.15) is 5.03 Å². The first kappa shape index (κ1) is 18.1. The Morgan fingerprint density at radius 1 is 1.07 bits per heavy atom. The van der Waals surface area contributed by atoms with Crippen LogP contribution in [0.1, 0.15) is 22.3 Å². The topological polar surface area (TPSA) is 57.5 Å². The highest BCUT2D eigenvalue weighted by Gasteiger charge is 2.24. The molecule has 2 aromatic carbocycles. The standard InChI is InChI=1S/C19H19BrN6S/c1-12-3-8-16(9-13(12)2)26-19(27)17(10-21-26)18-22-23-24-25(18)11-14-4-6-15(20)7-5-14/h3-10,23-24,27H,11H2,1-2H3. The van der Waals surface area contributed by atoms with Gasteiger partial charge in [-0.05, 0) is 54.8 Å². The minimum absolute atomic E-state index is 0.654. The predicted molar refractivity (Wildman–Crippen MR) is 113 cm³/mol. The van der Waals surface area contributed by atoms with Gasteiger partial charge in [-0.1, -0.05) is 34.1 Å². The molecule has 1 aliphatic rings. The molecular formula is C19H19BrN6S. The Hall–Kier alpha value is -2.29. The number of hydrogen-bond donors (Lipinski definition) is 3. The molecule has 0 unspecified atom stereocenters. The lowest BCUT2D eigenvalue weighted by Gasteiger charge is -2.18. The highest BCUT2D eigenvalue weighted by Crippen LogP contribution is 2.23. The average molecular weight is 443 g/mol. The number of benzene rings is 2. The van der Waals surface area contributed by atoms with Crippen LogP contribution >= 0.6 is 28.6 Å². The lowest BCUT2D eigenvalue weighted by Crippen LogP contribution is -2.40. The van der Waals surface area contributed by atoms with Gasteiger partial charge >= 0.3 is 0 Å². The minimum Gasteiger partial charge on any atom is -0.266 e. The second kappa shape index (κ2) is 7.38. The maximum absolute atomic E-state index is 4.72. The van der Waals surface area contributed by atoms with Crippen LogP contribution in [0.5, 0.6) is 0 Å². The number of aryl methyl sites for hydroxylation is 2. The number of thiol groups is 1. The Kier molecular flexibility index (Phi) is 4.94. The third kappa shape index (κ3) is 3.60. The molecule has 2 heterocycles. The number of hydrazine groups is 2. The van der Waals surface area contributed by atoms with Crippen molar-refractivity contribution in [1.29, 1.82) is 0 Å². The van der Waals surface area contributed by atoms with Crippen LogP contribution in [0.15, 0.2) is 63.3 Å². The molecule has 0 saturated heterocycles. The van der Waals surface area contributed by atoms with Gasteiger partial charge in [0.15, 0.2) is 5.84 Å². The summed E-state index contributed by atoms with van der Waals surface area (Å²) in [6.07, 6.45) is 1.79. The van der Waals surface area contributed by atoms with Crippen LogP contribution in [0.4, 0.5) is 0 Å². The molecule has 8 heteroatoms. The van der Waals surface area contributed by atoms with E-state index >= 15 is 0 Å². The SMILES string of the molecule is Cc1ccc(-n2ncc(C3=NNNN3Cc3ccc(Br)cc3)c2S)cc1C. The molecule has 6 nitrogen and oxygen atoms in total. The van der Waals surface area contributed by atoms with E-state index in [1.807, 2.05) is 27.9 Å². The second-order valence-electron chi connectivity index (χ2n) is 6.43. The van der Waals surface area contributed by atoms with Crippen molar-refractivity contribution in [1.82, 2.24) is 25.9 Å². The molecule has 2 N–H and O–H groups in total. The van der Waals surface area contributed by atoms with Gasteiger partial charge in [0.2, 0.25) is 0 Å². The third-order valence-electron chi connectivity index (χ3n) is 4.58. The van der Waals surface area contributed by atoms with Crippen LogP contribution in [0.25, 0.3) is 5.69 Å². The number of rotatable bonds is 4. The van der Waals surface area contributed by atoms with Gasteiger partial charge in [-0.3, -0.25) is 5.01 Å². The summed E-state index contributed by atoms with van der Waals surface area (Å²) in [5.41, 5.74) is 11.3. The molecule has 27 heavy (non-hydrogen) atoms. The molecule has 0 aliphatic carbocycles. The van der Waals surface area contributed by atoms with Gasteiger partial charge in [-0.2, -0.15) is 5.10 Å². The number of halogens is 1. The summed E-state index contributed by atoms with van der Waals surface area (Å²) in [7, 11) is 0. The van der Waals surface area contributed by atoms with E-state index in [0.717, 1.165) is 32.1 Å². The zero-order valence-electron chi connectivity index (χ0n) is 14.9. The molecule has 0 spiro atoms. The number of amidine groups is 1. The van der Waals surface area contributed by atoms with Crippen molar-refractivity contribution in [2.75, 3.05) is 0 Å². The molecule has 1 aliphatic heterocycles. The molecule has 0 fully saturated rings. The van der Waals surface area contributed by atoms with Gasteiger partial charge in [0, 0.05) is 4.47 Å². The Balaban J connectivity index is 1.62. The zero-order chi connectivity index (χ0) is 19.0. The molecule has 0 saturated carbocycles. The van der Waals surface area contributed by atoms with E-state index < -0.39 is 0 Å². The Morgan fingerprint density at radius 2 is 1.85 bits per heavy atom. The van der Waals surface area contributed by atoms with Crippen molar-refractivity contribution in [3.63, 3.8) is 0 Å². The second-order valence-corrected chi connectivity index (χ2v) is 7.77. The van der Waals surface area contributed by atoms with E-state index in [2.05, 4.69) is 75.3 Å². The Labute approximate surface area is 171 Å². The van der Waals surface area contributed by atoms with Gasteiger partial charge in [-0.15, -0.1) is 23.3 Å². The molecule has 0 radical (unpaired) electrons. The maximum Gasteiger partial charge on any atom is 0.177 e. The van der Waals surface area contributed by atoms with Crippen molar-refractivity contribution in [3.05, 3.63) is 75.4 Å². The van der Waals surface area contributed by atoms with E-state index in [1.54, 1.807) is 6.20 Å². The van der Waals surface area contributed by atoms with E-state index in [4.69, 9.17) is 12.6 Å². The van der Waals surface area contributed by atoms with Gasteiger partial charge in [0.05, 0.1) is 24.0 Å². The number of nitrogens with one attached hydrogen (secondary N) is 2. The monoisotopic (exact) mass is 442 g/mol. The van der Waals surface area contributed by atoms with Crippen LogP contribution < -0.4 is 11.1 Å². The van der Waals surface area contributed by atoms with Crippen molar-refractivity contribution < 1.29 is 0 Å². The van der Waals surface area contributed by atoms with Gasteiger partial charge < -0.3 is 0 Å². The van der Waals surface area contributed by atoms with Crippen LogP contribution in [-0.4, -0.2) is 20.6 Å². The summed E-state index contributed by atoms with van der Waals surface area (Å²) in [6.45, 7) is 4.84. The highest BCUT2D eigenvalue weighted by atomic mass is 79.9. The molecule has 0 bridgehead atoms. The number of hydrazone groups is 1. The number of nitrogens with zero attached hydrogens (tertiary/aromatic N) is 4. The lowest BCUT2D eigenvalue weighted by molar-refractivity contribution is 0.288. The highest BCUT2D eigenvalue weighted by molar-refractivity contribution is 9.10. The average Bonchev–Trinajstić information content (AvgIpc) is 3.25. The summed E-state index contributed by atoms with van der Waals surface area (Å²) in [6, 6.07) is 14.4. The van der Waals surface area contributed by atoms with Crippen LogP contribution in [0.3, 0.4) is 0 Å². The molecule has 138 valence electrons. The first-order valence-electron chi connectivity index (χ1n) is 8.48. The number of aromatic nitrogens is 2.